The van der Waals surface area contributed by atoms with E-state index in [0.717, 1.165) is 11.3 Å². The van der Waals surface area contributed by atoms with Crippen molar-refractivity contribution in [1.29, 1.82) is 0 Å². The quantitative estimate of drug-likeness (QED) is 0.715. The number of hydrogen-bond donors (Lipinski definition) is 2. The maximum atomic E-state index is 12.0. The van der Waals surface area contributed by atoms with Crippen LogP contribution in [0.1, 0.15) is 22.2 Å². The van der Waals surface area contributed by atoms with E-state index >= 15 is 0 Å². The van der Waals surface area contributed by atoms with Crippen molar-refractivity contribution in [2.24, 2.45) is 0 Å². The highest BCUT2D eigenvalue weighted by Gasteiger charge is 2.13. The number of H-pyrrole nitrogens is 1. The summed E-state index contributed by atoms with van der Waals surface area (Å²) in [5, 5.41) is 17.2. The van der Waals surface area contributed by atoms with E-state index in [-0.39, 0.29) is 19.1 Å². The number of aromatic amines is 1. The molecule has 0 fully saturated rings. The highest BCUT2D eigenvalue weighted by Crippen LogP contribution is 2.20. The van der Waals surface area contributed by atoms with Gasteiger partial charge in [-0.3, -0.25) is 9.89 Å². The van der Waals surface area contributed by atoms with E-state index in [1.165, 1.54) is 7.11 Å². The fourth-order valence-electron chi connectivity index (χ4n) is 1.79. The van der Waals surface area contributed by atoms with Crippen LogP contribution in [0.25, 0.3) is 11.3 Å². The Kier molecular flexibility index (Phi) is 4.26. The average molecular weight is 319 g/mol. The van der Waals surface area contributed by atoms with Crippen LogP contribution < -0.4 is 5.32 Å². The summed E-state index contributed by atoms with van der Waals surface area (Å²) < 4.78 is 9.82. The van der Waals surface area contributed by atoms with Crippen molar-refractivity contribution < 1.29 is 14.1 Å². The molecule has 2 N–H and O–H groups in total. The second-order valence-electron chi connectivity index (χ2n) is 4.40. The van der Waals surface area contributed by atoms with E-state index in [9.17, 15) is 4.79 Å². The third-order valence-electron chi connectivity index (χ3n) is 2.82. The molecule has 0 radical (unpaired) electrons. The highest BCUT2D eigenvalue weighted by atomic mass is 32.1. The fourth-order valence-corrected chi connectivity index (χ4v) is 2.44. The maximum absolute atomic E-state index is 12.0. The molecule has 0 aliphatic carbocycles. The van der Waals surface area contributed by atoms with Gasteiger partial charge in [0.2, 0.25) is 0 Å². The van der Waals surface area contributed by atoms with Crippen LogP contribution in [0.15, 0.2) is 27.4 Å². The van der Waals surface area contributed by atoms with Crippen LogP contribution in [0, 0.1) is 0 Å². The summed E-state index contributed by atoms with van der Waals surface area (Å²) in [5.41, 5.74) is 2.08. The van der Waals surface area contributed by atoms with Gasteiger partial charge in [0.25, 0.3) is 11.8 Å². The third-order valence-corrected chi connectivity index (χ3v) is 3.51. The summed E-state index contributed by atoms with van der Waals surface area (Å²) >= 11 is 1.57. The Balaban J connectivity index is 1.60. The number of hydrogen-bond acceptors (Lipinski definition) is 7. The van der Waals surface area contributed by atoms with E-state index in [1.807, 2.05) is 16.8 Å². The number of carbonyl (C=O) groups is 1. The van der Waals surface area contributed by atoms with E-state index in [4.69, 9.17) is 9.26 Å². The van der Waals surface area contributed by atoms with Crippen molar-refractivity contribution in [2.45, 2.75) is 13.2 Å². The molecule has 0 atom stereocenters. The largest absolute Gasteiger partial charge is 0.375 e. The molecule has 0 saturated heterocycles. The first-order valence-corrected chi connectivity index (χ1v) is 7.37. The Labute approximate surface area is 129 Å². The molecular formula is C13H13N5O3S. The van der Waals surface area contributed by atoms with Crippen molar-refractivity contribution in [3.8, 4) is 11.3 Å². The summed E-state index contributed by atoms with van der Waals surface area (Å²) in [6, 6.07) is 3.64. The zero-order valence-corrected chi connectivity index (χ0v) is 12.5. The third kappa shape index (κ3) is 3.21. The van der Waals surface area contributed by atoms with Crippen LogP contribution in [0.2, 0.25) is 0 Å². The number of aromatic nitrogens is 4. The van der Waals surface area contributed by atoms with Gasteiger partial charge in [0, 0.05) is 18.1 Å². The molecule has 3 heterocycles. The summed E-state index contributed by atoms with van der Waals surface area (Å²) in [4.78, 5) is 16.1. The predicted molar refractivity (Wildman–Crippen MR) is 78.1 cm³/mol. The lowest BCUT2D eigenvalue weighted by molar-refractivity contribution is 0.0944. The molecule has 0 aliphatic rings. The molecule has 3 aromatic heterocycles. The number of methoxy groups -OCH3 is 1. The van der Waals surface area contributed by atoms with Gasteiger partial charge in [0.1, 0.15) is 12.3 Å². The number of amides is 1. The zero-order valence-electron chi connectivity index (χ0n) is 11.7. The van der Waals surface area contributed by atoms with Crippen LogP contribution >= 0.6 is 11.3 Å². The fraction of sp³-hybridized carbons (Fsp3) is 0.231. The van der Waals surface area contributed by atoms with Crippen LogP contribution in [0.3, 0.4) is 0 Å². The Hall–Kier alpha value is -2.52. The summed E-state index contributed by atoms with van der Waals surface area (Å²) in [5.74, 6) is 0.470. The minimum absolute atomic E-state index is 0.166. The van der Waals surface area contributed by atoms with Crippen molar-refractivity contribution in [3.05, 3.63) is 40.3 Å². The highest BCUT2D eigenvalue weighted by molar-refractivity contribution is 7.08. The van der Waals surface area contributed by atoms with Crippen LogP contribution in [0.4, 0.5) is 0 Å². The lowest BCUT2D eigenvalue weighted by atomic mass is 10.2. The molecule has 114 valence electrons. The first-order valence-electron chi connectivity index (χ1n) is 6.43. The van der Waals surface area contributed by atoms with Gasteiger partial charge in [0.15, 0.2) is 5.82 Å². The smallest absolute Gasteiger partial charge is 0.269 e. The molecular weight excluding hydrogens is 306 g/mol. The normalized spacial score (nSPS) is 10.8. The lowest BCUT2D eigenvalue weighted by Crippen LogP contribution is -2.23. The SMILES string of the molecule is COCc1nc(CNC(=O)c2cc(-c3ccsc3)n[nH]2)no1. The van der Waals surface area contributed by atoms with Crippen LogP contribution in [-0.2, 0) is 17.9 Å². The molecule has 0 aromatic carbocycles. The van der Waals surface area contributed by atoms with Crippen LogP contribution in [-0.4, -0.2) is 33.4 Å². The Morgan fingerprint density at radius 3 is 3.23 bits per heavy atom. The van der Waals surface area contributed by atoms with E-state index in [1.54, 1.807) is 17.4 Å². The molecule has 9 heteroatoms. The Morgan fingerprint density at radius 1 is 1.55 bits per heavy atom. The average Bonchev–Trinajstić information content (AvgIpc) is 3.25. The Morgan fingerprint density at radius 2 is 2.45 bits per heavy atom. The molecule has 0 aliphatic heterocycles. The van der Waals surface area contributed by atoms with Gasteiger partial charge >= 0.3 is 0 Å². The topological polar surface area (TPSA) is 106 Å². The number of carbonyl (C=O) groups excluding carboxylic acids is 1. The second-order valence-corrected chi connectivity index (χ2v) is 5.18. The van der Waals surface area contributed by atoms with Gasteiger partial charge in [-0.05, 0) is 17.5 Å². The van der Waals surface area contributed by atoms with Gasteiger partial charge in [-0.1, -0.05) is 5.16 Å². The van der Waals surface area contributed by atoms with Crippen molar-refractivity contribution in [3.63, 3.8) is 0 Å². The van der Waals surface area contributed by atoms with Crippen molar-refractivity contribution in [1.82, 2.24) is 25.7 Å². The predicted octanol–water partition coefficient (Wildman–Crippen LogP) is 1.60. The number of thiophene rings is 1. The molecule has 22 heavy (non-hydrogen) atoms. The van der Waals surface area contributed by atoms with Crippen molar-refractivity contribution >= 4 is 17.2 Å². The first kappa shape index (κ1) is 14.4. The lowest BCUT2D eigenvalue weighted by Gasteiger charge is -1.98. The van der Waals surface area contributed by atoms with Gasteiger partial charge in [-0.25, -0.2) is 0 Å². The van der Waals surface area contributed by atoms with E-state index in [0.29, 0.717) is 17.4 Å². The molecule has 3 rings (SSSR count). The minimum atomic E-state index is -0.285. The van der Waals surface area contributed by atoms with Gasteiger partial charge in [0.05, 0.1) is 12.2 Å². The molecule has 0 bridgehead atoms. The zero-order chi connectivity index (χ0) is 15.4. The minimum Gasteiger partial charge on any atom is -0.375 e. The summed E-state index contributed by atoms with van der Waals surface area (Å²) in [6.45, 7) is 0.407. The molecule has 0 saturated carbocycles. The number of rotatable bonds is 6. The van der Waals surface area contributed by atoms with Gasteiger partial charge < -0.3 is 14.6 Å². The number of ether oxygens (including phenoxy) is 1. The number of nitrogens with zero attached hydrogens (tertiary/aromatic N) is 3. The molecule has 1 amide bonds. The molecule has 8 nitrogen and oxygen atoms in total. The van der Waals surface area contributed by atoms with E-state index in [2.05, 4.69) is 25.7 Å². The molecule has 3 aromatic rings. The van der Waals surface area contributed by atoms with Crippen LogP contribution in [0.5, 0.6) is 0 Å². The second kappa shape index (κ2) is 6.50. The van der Waals surface area contributed by atoms with Gasteiger partial charge in [-0.2, -0.15) is 21.4 Å². The maximum Gasteiger partial charge on any atom is 0.269 e. The van der Waals surface area contributed by atoms with E-state index < -0.39 is 0 Å². The first-order chi connectivity index (χ1) is 10.8. The van der Waals surface area contributed by atoms with Crippen molar-refractivity contribution in [2.75, 3.05) is 7.11 Å². The standard InChI is InChI=1S/C13H13N5O3S/c1-20-6-12-15-11(18-21-12)5-14-13(19)10-4-9(16-17-10)8-2-3-22-7-8/h2-4,7H,5-6H2,1H3,(H,14,19)(H,16,17). The Bertz CT molecular complexity index is 749. The summed E-state index contributed by atoms with van der Waals surface area (Å²) in [6.07, 6.45) is 0. The monoisotopic (exact) mass is 319 g/mol. The molecule has 0 unspecified atom stereocenters. The summed E-state index contributed by atoms with van der Waals surface area (Å²) in [7, 11) is 1.54. The number of nitrogens with one attached hydrogen (secondary N) is 2. The molecule has 0 spiro atoms. The van der Waals surface area contributed by atoms with Gasteiger partial charge in [-0.15, -0.1) is 0 Å².